The third-order valence-corrected chi connectivity index (χ3v) is 6.40. The number of anilines is 1. The van der Waals surface area contributed by atoms with Crippen molar-refractivity contribution in [3.63, 3.8) is 0 Å². The molecule has 12 heteroatoms. The Morgan fingerprint density at radius 2 is 1.91 bits per heavy atom. The minimum absolute atomic E-state index is 0.372. The highest BCUT2D eigenvalue weighted by Gasteiger charge is 2.46. The molecule has 4 rings (SSSR count). The number of rotatable bonds is 9. The summed E-state index contributed by atoms with van der Waals surface area (Å²) in [4.78, 5) is 21.4. The number of carbonyl (C=O) groups is 1. The second-order valence-corrected chi connectivity index (χ2v) is 9.18. The molecule has 3 aromatic rings. The predicted molar refractivity (Wildman–Crippen MR) is 123 cm³/mol. The van der Waals surface area contributed by atoms with Crippen LogP contribution in [0.3, 0.4) is 0 Å². The molecule has 1 saturated carbocycles. The molecule has 1 aromatic heterocycles. The van der Waals surface area contributed by atoms with Gasteiger partial charge in [-0.05, 0) is 49.6 Å². The minimum Gasteiger partial charge on any atom is -0.477 e. The summed E-state index contributed by atoms with van der Waals surface area (Å²) in [6.45, 7) is -1.17. The zero-order valence-electron chi connectivity index (χ0n) is 18.6. The Morgan fingerprint density at radius 3 is 2.51 bits per heavy atom. The maximum absolute atomic E-state index is 13.3. The number of aromatic nitrogens is 2. The Balaban J connectivity index is 1.52. The van der Waals surface area contributed by atoms with Crippen LogP contribution in [0.15, 0.2) is 60.9 Å². The normalized spacial score (nSPS) is 14.4. The third-order valence-electron chi connectivity index (χ3n) is 5.53. The van der Waals surface area contributed by atoms with E-state index in [2.05, 4.69) is 15.3 Å². The number of ether oxygens (including phenoxy) is 1. The lowest BCUT2D eigenvalue weighted by Crippen LogP contribution is -2.36. The lowest BCUT2D eigenvalue weighted by Gasteiger charge is -2.23. The van der Waals surface area contributed by atoms with E-state index in [1.54, 1.807) is 36.5 Å². The molecule has 1 heterocycles. The van der Waals surface area contributed by atoms with Gasteiger partial charge < -0.3 is 10.1 Å². The number of halogens is 2. The van der Waals surface area contributed by atoms with Crippen LogP contribution in [0.5, 0.6) is 5.88 Å². The minimum atomic E-state index is -5.18. The van der Waals surface area contributed by atoms with Gasteiger partial charge in [0.05, 0.1) is 35.9 Å². The summed E-state index contributed by atoms with van der Waals surface area (Å²) in [5.74, 6) is 0.0123. The van der Waals surface area contributed by atoms with E-state index in [0.29, 0.717) is 42.1 Å². The largest absolute Gasteiger partial charge is 0.477 e. The second-order valence-electron chi connectivity index (χ2n) is 7.89. The Kier molecular flexibility index (Phi) is 6.68. The molecule has 1 aliphatic rings. The summed E-state index contributed by atoms with van der Waals surface area (Å²) in [6.07, 6.45) is 4.18. The molecule has 1 fully saturated rings. The Hall–Kier alpha value is -3.64. The Bertz CT molecular complexity index is 1330. The SMILES string of the molecule is CCOc1cncc(-c2ccc(C(=O)NC3(c4cccc(N(C(F)F)S(=O)(=O)O)c4)CC3)cc2)n1. The summed E-state index contributed by atoms with van der Waals surface area (Å²) >= 11 is 0. The van der Waals surface area contributed by atoms with Gasteiger partial charge in [0.2, 0.25) is 5.88 Å². The summed E-state index contributed by atoms with van der Waals surface area (Å²) in [6, 6.07) is 12.1. The fourth-order valence-corrected chi connectivity index (χ4v) is 4.27. The molecule has 35 heavy (non-hydrogen) atoms. The maximum atomic E-state index is 13.3. The van der Waals surface area contributed by atoms with E-state index < -0.39 is 28.1 Å². The summed E-state index contributed by atoms with van der Waals surface area (Å²) < 4.78 is 63.5. The topological polar surface area (TPSA) is 122 Å². The first-order valence-electron chi connectivity index (χ1n) is 10.7. The first kappa shape index (κ1) is 24.5. The van der Waals surface area contributed by atoms with Gasteiger partial charge in [0.15, 0.2) is 0 Å². The number of nitrogens with one attached hydrogen (secondary N) is 1. The number of amides is 1. The van der Waals surface area contributed by atoms with Crippen molar-refractivity contribution in [2.75, 3.05) is 10.9 Å². The first-order valence-corrected chi connectivity index (χ1v) is 12.1. The molecular formula is C23H22F2N4O5S. The van der Waals surface area contributed by atoms with Gasteiger partial charge in [-0.1, -0.05) is 24.3 Å². The molecule has 2 aromatic carbocycles. The Morgan fingerprint density at radius 1 is 1.20 bits per heavy atom. The third kappa shape index (κ3) is 5.38. The molecule has 2 N–H and O–H groups in total. The molecule has 0 aliphatic heterocycles. The van der Waals surface area contributed by atoms with Crippen molar-refractivity contribution in [1.29, 1.82) is 0 Å². The van der Waals surface area contributed by atoms with E-state index in [0.717, 1.165) is 11.6 Å². The van der Waals surface area contributed by atoms with Crippen molar-refractivity contribution >= 4 is 21.9 Å². The number of nitrogens with zero attached hydrogens (tertiary/aromatic N) is 3. The smallest absolute Gasteiger partial charge is 0.364 e. The predicted octanol–water partition coefficient (Wildman–Crippen LogP) is 3.79. The molecule has 1 amide bonds. The number of benzene rings is 2. The lowest BCUT2D eigenvalue weighted by atomic mass is 10.0. The first-order chi connectivity index (χ1) is 16.6. The van der Waals surface area contributed by atoms with Crippen LogP contribution in [0.2, 0.25) is 0 Å². The highest BCUT2D eigenvalue weighted by atomic mass is 32.2. The number of hydrogen-bond donors (Lipinski definition) is 2. The average Bonchev–Trinajstić information content (AvgIpc) is 3.59. The molecule has 1 aliphatic carbocycles. The lowest BCUT2D eigenvalue weighted by molar-refractivity contribution is 0.0930. The van der Waals surface area contributed by atoms with Crippen molar-refractivity contribution in [2.24, 2.45) is 0 Å². The van der Waals surface area contributed by atoms with E-state index in [-0.39, 0.29) is 10.2 Å². The van der Waals surface area contributed by atoms with Crippen LogP contribution < -0.4 is 14.4 Å². The van der Waals surface area contributed by atoms with E-state index in [1.165, 1.54) is 18.3 Å². The molecule has 184 valence electrons. The van der Waals surface area contributed by atoms with Gasteiger partial charge in [-0.25, -0.2) is 4.98 Å². The number of carbonyl (C=O) groups excluding carboxylic acids is 1. The number of hydrogen-bond acceptors (Lipinski definition) is 6. The van der Waals surface area contributed by atoms with Gasteiger partial charge in [-0.2, -0.15) is 21.5 Å². The van der Waals surface area contributed by atoms with Gasteiger partial charge in [-0.15, -0.1) is 0 Å². The maximum Gasteiger partial charge on any atom is 0.364 e. The molecular weight excluding hydrogens is 482 g/mol. The molecule has 0 saturated heterocycles. The van der Waals surface area contributed by atoms with Crippen molar-refractivity contribution in [2.45, 2.75) is 31.9 Å². The van der Waals surface area contributed by atoms with Gasteiger partial charge in [0.1, 0.15) is 0 Å². The highest BCUT2D eigenvalue weighted by Crippen LogP contribution is 2.46. The van der Waals surface area contributed by atoms with Crippen molar-refractivity contribution < 1.29 is 31.3 Å². The van der Waals surface area contributed by atoms with E-state index >= 15 is 0 Å². The van der Waals surface area contributed by atoms with E-state index in [4.69, 9.17) is 4.74 Å². The summed E-state index contributed by atoms with van der Waals surface area (Å²) in [7, 11) is -5.18. The zero-order chi connectivity index (χ0) is 25.2. The van der Waals surface area contributed by atoms with Crippen LogP contribution in [0.4, 0.5) is 14.5 Å². The molecule has 0 unspecified atom stereocenters. The van der Waals surface area contributed by atoms with Crippen LogP contribution in [0.25, 0.3) is 11.3 Å². The summed E-state index contributed by atoms with van der Waals surface area (Å²) in [5.41, 5.74) is 0.924. The summed E-state index contributed by atoms with van der Waals surface area (Å²) in [5, 5.41) is 2.91. The van der Waals surface area contributed by atoms with Crippen LogP contribution in [0, 0.1) is 0 Å². The van der Waals surface area contributed by atoms with Gasteiger partial charge in [-0.3, -0.25) is 14.3 Å². The van der Waals surface area contributed by atoms with Crippen molar-refractivity contribution in [3.05, 3.63) is 72.1 Å². The van der Waals surface area contributed by atoms with Crippen LogP contribution in [-0.4, -0.2) is 42.0 Å². The van der Waals surface area contributed by atoms with Crippen molar-refractivity contribution in [3.8, 4) is 17.1 Å². The van der Waals surface area contributed by atoms with Gasteiger partial charge in [0, 0.05) is 11.1 Å². The molecule has 0 atom stereocenters. The Labute approximate surface area is 200 Å². The fourth-order valence-electron chi connectivity index (χ4n) is 3.68. The fraction of sp³-hybridized carbons (Fsp3) is 0.261. The van der Waals surface area contributed by atoms with Crippen LogP contribution >= 0.6 is 0 Å². The van der Waals surface area contributed by atoms with E-state index in [9.17, 15) is 26.5 Å². The standard InChI is InChI=1S/C23H22F2N4O5S/c1-2-34-20-14-26-13-19(27-20)15-6-8-16(9-7-15)21(30)28-23(10-11-23)17-4-3-5-18(12-17)29(22(24)25)35(31,32)33/h3-9,12-14,22H,2,10-11H2,1H3,(H,28,30)(H,31,32,33). The number of alkyl halides is 2. The van der Waals surface area contributed by atoms with Gasteiger partial charge in [0.25, 0.3) is 5.91 Å². The van der Waals surface area contributed by atoms with Crippen LogP contribution in [-0.2, 0) is 15.8 Å². The zero-order valence-corrected chi connectivity index (χ0v) is 19.4. The average molecular weight is 505 g/mol. The molecule has 0 spiro atoms. The van der Waals surface area contributed by atoms with Crippen molar-refractivity contribution in [1.82, 2.24) is 15.3 Å². The van der Waals surface area contributed by atoms with E-state index in [1.807, 2.05) is 6.92 Å². The molecule has 9 nitrogen and oxygen atoms in total. The molecule has 0 bridgehead atoms. The van der Waals surface area contributed by atoms with Gasteiger partial charge >= 0.3 is 16.9 Å². The monoisotopic (exact) mass is 504 g/mol. The highest BCUT2D eigenvalue weighted by molar-refractivity contribution is 7.87. The second kappa shape index (κ2) is 9.55. The molecule has 0 radical (unpaired) electrons. The quantitative estimate of drug-likeness (QED) is 0.336. The van der Waals surface area contributed by atoms with Crippen LogP contribution in [0.1, 0.15) is 35.7 Å².